The number of hydrogen-bond acceptors (Lipinski definition) is 5. The van der Waals surface area contributed by atoms with Gasteiger partial charge in [0.05, 0.1) is 37.3 Å². The molecule has 3 unspecified atom stereocenters. The number of ether oxygens (including phenoxy) is 3. The number of hydrogen-bond donors (Lipinski definition) is 1. The fourth-order valence-corrected chi connectivity index (χ4v) is 4.13. The second kappa shape index (κ2) is 10.5. The third-order valence-corrected chi connectivity index (χ3v) is 5.68. The molecule has 8 heteroatoms. The van der Waals surface area contributed by atoms with Gasteiger partial charge in [-0.2, -0.15) is 0 Å². The van der Waals surface area contributed by atoms with Crippen molar-refractivity contribution in [1.82, 2.24) is 5.32 Å². The molecule has 0 spiro atoms. The highest BCUT2D eigenvalue weighted by molar-refractivity contribution is 6.33. The normalized spacial score (nSPS) is 18.2. The zero-order chi connectivity index (χ0) is 23.3. The summed E-state index contributed by atoms with van der Waals surface area (Å²) in [5.41, 5.74) is 0.423. The number of nitrogens with one attached hydrogen (secondary N) is 1. The number of amides is 1. The highest BCUT2D eigenvalue weighted by Gasteiger charge is 2.36. The van der Waals surface area contributed by atoms with Crippen LogP contribution in [0, 0.1) is 11.7 Å². The molecule has 0 fully saturated rings. The van der Waals surface area contributed by atoms with Gasteiger partial charge >= 0.3 is 5.97 Å². The molecule has 1 amide bonds. The van der Waals surface area contributed by atoms with Gasteiger partial charge in [-0.3, -0.25) is 9.59 Å². The largest absolute Gasteiger partial charge is 0.497 e. The van der Waals surface area contributed by atoms with Gasteiger partial charge in [0.1, 0.15) is 17.3 Å². The summed E-state index contributed by atoms with van der Waals surface area (Å²) in [6.07, 6.45) is 4.06. The van der Waals surface area contributed by atoms with Crippen LogP contribution in [-0.4, -0.2) is 38.7 Å². The van der Waals surface area contributed by atoms with Gasteiger partial charge in [0.25, 0.3) is 5.91 Å². The molecule has 3 rings (SSSR count). The van der Waals surface area contributed by atoms with E-state index in [1.165, 1.54) is 25.3 Å². The summed E-state index contributed by atoms with van der Waals surface area (Å²) in [4.78, 5) is 25.5. The minimum atomic E-state index is -0.695. The Bertz CT molecular complexity index is 1010. The number of carbonyl (C=O) groups excluding carboxylic acids is 2. The Hall–Kier alpha value is -3.06. The van der Waals surface area contributed by atoms with Crippen LogP contribution in [0.15, 0.2) is 48.6 Å². The summed E-state index contributed by atoms with van der Waals surface area (Å²) < 4.78 is 30.2. The molecular formula is C24H25ClFNO5. The minimum Gasteiger partial charge on any atom is -0.497 e. The first-order valence-electron chi connectivity index (χ1n) is 10.2. The first kappa shape index (κ1) is 23.6. The van der Waals surface area contributed by atoms with Gasteiger partial charge in [-0.25, -0.2) is 4.39 Å². The van der Waals surface area contributed by atoms with Gasteiger partial charge < -0.3 is 19.5 Å². The molecule has 0 aliphatic heterocycles. The zero-order valence-electron chi connectivity index (χ0n) is 18.1. The van der Waals surface area contributed by atoms with Crippen LogP contribution in [0.3, 0.4) is 0 Å². The average Bonchev–Trinajstić information content (AvgIpc) is 3.21. The molecule has 6 nitrogen and oxygen atoms in total. The topological polar surface area (TPSA) is 73.9 Å². The van der Waals surface area contributed by atoms with E-state index in [9.17, 15) is 14.0 Å². The third-order valence-electron chi connectivity index (χ3n) is 5.36. The van der Waals surface area contributed by atoms with Crippen LogP contribution < -0.4 is 14.8 Å². The van der Waals surface area contributed by atoms with E-state index in [-0.39, 0.29) is 23.1 Å². The van der Waals surface area contributed by atoms with Crippen molar-refractivity contribution in [3.05, 3.63) is 70.5 Å². The SMILES string of the molecule is CCOC(=O)C(c1cc(OC)ccc1OC)C1C=CC(NC(=O)c2c(F)cccc2Cl)C1. The number of benzene rings is 2. The van der Waals surface area contributed by atoms with E-state index in [4.69, 9.17) is 25.8 Å². The van der Waals surface area contributed by atoms with E-state index in [2.05, 4.69) is 5.32 Å². The van der Waals surface area contributed by atoms with Crippen LogP contribution in [0.2, 0.25) is 5.02 Å². The van der Waals surface area contributed by atoms with Crippen molar-refractivity contribution in [2.45, 2.75) is 25.3 Å². The van der Waals surface area contributed by atoms with Crippen molar-refractivity contribution in [2.24, 2.45) is 5.92 Å². The first-order valence-corrected chi connectivity index (χ1v) is 10.6. The molecule has 0 radical (unpaired) electrons. The number of rotatable bonds is 8. The fraction of sp³-hybridized carbons (Fsp3) is 0.333. The second-order valence-electron chi connectivity index (χ2n) is 7.30. The Balaban J connectivity index is 1.84. The molecule has 2 aromatic rings. The van der Waals surface area contributed by atoms with Gasteiger partial charge in [-0.15, -0.1) is 0 Å². The lowest BCUT2D eigenvalue weighted by Gasteiger charge is -2.24. The summed E-state index contributed by atoms with van der Waals surface area (Å²) in [7, 11) is 3.07. The molecule has 0 heterocycles. The highest BCUT2D eigenvalue weighted by Crippen LogP contribution is 2.40. The van der Waals surface area contributed by atoms with Crippen LogP contribution in [0.4, 0.5) is 4.39 Å². The quantitative estimate of drug-likeness (QED) is 0.462. The van der Waals surface area contributed by atoms with Crippen LogP contribution in [0.5, 0.6) is 11.5 Å². The Labute approximate surface area is 191 Å². The lowest BCUT2D eigenvalue weighted by Crippen LogP contribution is -2.34. The average molecular weight is 462 g/mol. The van der Waals surface area contributed by atoms with Crippen molar-refractivity contribution in [2.75, 3.05) is 20.8 Å². The highest BCUT2D eigenvalue weighted by atomic mass is 35.5. The van der Waals surface area contributed by atoms with Gasteiger partial charge in [0.2, 0.25) is 0 Å². The molecule has 32 heavy (non-hydrogen) atoms. The second-order valence-corrected chi connectivity index (χ2v) is 7.71. The van der Waals surface area contributed by atoms with E-state index < -0.39 is 29.7 Å². The number of allylic oxidation sites excluding steroid dienone is 1. The summed E-state index contributed by atoms with van der Waals surface area (Å²) >= 11 is 6.00. The predicted molar refractivity (Wildman–Crippen MR) is 119 cm³/mol. The molecule has 170 valence electrons. The number of esters is 1. The van der Waals surface area contributed by atoms with Gasteiger partial charge in [0, 0.05) is 11.6 Å². The molecule has 0 saturated heterocycles. The van der Waals surface area contributed by atoms with Crippen molar-refractivity contribution in [1.29, 1.82) is 0 Å². The summed E-state index contributed by atoms with van der Waals surface area (Å²) in [6, 6.07) is 8.90. The number of carbonyl (C=O) groups is 2. The minimum absolute atomic E-state index is 0.0338. The van der Waals surface area contributed by atoms with Crippen molar-refractivity contribution in [3.8, 4) is 11.5 Å². The lowest BCUT2D eigenvalue weighted by atomic mass is 9.84. The van der Waals surface area contributed by atoms with Crippen molar-refractivity contribution < 1.29 is 28.2 Å². The molecule has 1 N–H and O–H groups in total. The maximum absolute atomic E-state index is 14.1. The maximum Gasteiger partial charge on any atom is 0.314 e. The summed E-state index contributed by atoms with van der Waals surface area (Å²) in [6.45, 7) is 1.97. The Morgan fingerprint density at radius 3 is 2.62 bits per heavy atom. The van der Waals surface area contributed by atoms with Crippen LogP contribution in [0.1, 0.15) is 35.2 Å². The molecule has 0 saturated carbocycles. The summed E-state index contributed by atoms with van der Waals surface area (Å²) in [5, 5.41) is 2.81. The Kier molecular flexibility index (Phi) is 7.75. The monoisotopic (exact) mass is 461 g/mol. The van der Waals surface area contributed by atoms with Crippen molar-refractivity contribution >= 4 is 23.5 Å². The Morgan fingerprint density at radius 2 is 1.97 bits per heavy atom. The van der Waals surface area contributed by atoms with E-state index >= 15 is 0 Å². The zero-order valence-corrected chi connectivity index (χ0v) is 18.8. The molecule has 1 aliphatic rings. The molecular weight excluding hydrogens is 437 g/mol. The molecule has 1 aliphatic carbocycles. The fourth-order valence-electron chi connectivity index (χ4n) is 3.88. The molecule has 2 aromatic carbocycles. The molecule has 0 bridgehead atoms. The van der Waals surface area contributed by atoms with E-state index in [0.717, 1.165) is 0 Å². The van der Waals surface area contributed by atoms with Gasteiger partial charge in [-0.05, 0) is 49.6 Å². The van der Waals surface area contributed by atoms with Gasteiger partial charge in [0.15, 0.2) is 0 Å². The maximum atomic E-state index is 14.1. The predicted octanol–water partition coefficient (Wildman–Crippen LogP) is 4.52. The molecule has 0 aromatic heterocycles. The third kappa shape index (κ3) is 5.05. The molecule has 3 atom stereocenters. The van der Waals surface area contributed by atoms with E-state index in [1.807, 2.05) is 6.08 Å². The smallest absolute Gasteiger partial charge is 0.314 e. The lowest BCUT2D eigenvalue weighted by molar-refractivity contribution is -0.146. The van der Waals surface area contributed by atoms with E-state index in [1.54, 1.807) is 38.3 Å². The summed E-state index contributed by atoms with van der Waals surface area (Å²) in [5.74, 6) is -1.56. The van der Waals surface area contributed by atoms with E-state index in [0.29, 0.717) is 23.5 Å². The standard InChI is InChI=1S/C24H25ClFNO5/c1-4-32-24(29)21(17-13-16(30-2)10-11-20(17)31-3)14-8-9-15(12-14)27-23(28)22-18(25)6-5-7-19(22)26/h5-11,13-15,21H,4,12H2,1-3H3,(H,27,28). The first-order chi connectivity index (χ1) is 15.4. The number of methoxy groups -OCH3 is 2. The van der Waals surface area contributed by atoms with Crippen LogP contribution in [0.25, 0.3) is 0 Å². The van der Waals surface area contributed by atoms with Crippen LogP contribution in [-0.2, 0) is 9.53 Å². The number of halogens is 2. The van der Waals surface area contributed by atoms with Gasteiger partial charge in [-0.1, -0.05) is 29.8 Å². The Morgan fingerprint density at radius 1 is 1.19 bits per heavy atom. The van der Waals surface area contributed by atoms with Crippen LogP contribution >= 0.6 is 11.6 Å². The van der Waals surface area contributed by atoms with Crippen molar-refractivity contribution in [3.63, 3.8) is 0 Å².